The van der Waals surface area contributed by atoms with Gasteiger partial charge in [0, 0.05) is 11.6 Å². The van der Waals surface area contributed by atoms with Crippen LogP contribution >= 0.6 is 0 Å². The minimum absolute atomic E-state index is 0.0601. The van der Waals surface area contributed by atoms with Gasteiger partial charge in [0.2, 0.25) is 0 Å². The molecule has 1 saturated heterocycles. The Morgan fingerprint density at radius 2 is 2.44 bits per heavy atom. The number of nitrogens with one attached hydrogen (secondary N) is 2. The van der Waals surface area contributed by atoms with Crippen molar-refractivity contribution in [3.05, 3.63) is 17.5 Å². The highest BCUT2D eigenvalue weighted by atomic mass is 16.5. The number of carbonyl (C=O) groups excluding carboxylic acids is 1. The molecule has 3 rings (SSSR count). The van der Waals surface area contributed by atoms with Crippen LogP contribution in [0.5, 0.6) is 0 Å². The first-order chi connectivity index (χ1) is 8.69. The fourth-order valence-corrected chi connectivity index (χ4v) is 3.04. The van der Waals surface area contributed by atoms with Crippen molar-refractivity contribution < 1.29 is 9.32 Å². The summed E-state index contributed by atoms with van der Waals surface area (Å²) in [6.07, 6.45) is 7.32. The van der Waals surface area contributed by atoms with Crippen LogP contribution in [0.25, 0.3) is 0 Å². The summed E-state index contributed by atoms with van der Waals surface area (Å²) in [5, 5.41) is 10.3. The molecule has 2 aliphatic rings. The predicted molar refractivity (Wildman–Crippen MR) is 66.3 cm³/mol. The Bertz CT molecular complexity index is 451. The second-order valence-electron chi connectivity index (χ2n) is 5.52. The fourth-order valence-electron chi connectivity index (χ4n) is 3.04. The third kappa shape index (κ3) is 2.03. The molecule has 0 radical (unpaired) electrons. The van der Waals surface area contributed by atoms with E-state index in [-0.39, 0.29) is 11.9 Å². The van der Waals surface area contributed by atoms with Gasteiger partial charge in [0.15, 0.2) is 0 Å². The summed E-state index contributed by atoms with van der Waals surface area (Å²) in [6, 6.07) is 0.272. The summed E-state index contributed by atoms with van der Waals surface area (Å²) in [4.78, 5) is 12.1. The lowest BCUT2D eigenvalue weighted by Crippen LogP contribution is -2.59. The van der Waals surface area contributed by atoms with Gasteiger partial charge in [-0.3, -0.25) is 4.79 Å². The molecule has 1 spiro atoms. The van der Waals surface area contributed by atoms with Crippen molar-refractivity contribution in [1.29, 1.82) is 0 Å². The number of nitrogens with zero attached hydrogens (tertiary/aromatic N) is 1. The second kappa shape index (κ2) is 4.39. The number of piperidine rings is 1. The molecule has 2 heterocycles. The summed E-state index contributed by atoms with van der Waals surface area (Å²) >= 11 is 0. The zero-order valence-corrected chi connectivity index (χ0v) is 10.7. The predicted octanol–water partition coefficient (Wildman–Crippen LogP) is 1.39. The molecule has 1 atom stereocenters. The first kappa shape index (κ1) is 11.7. The van der Waals surface area contributed by atoms with Crippen molar-refractivity contribution in [2.45, 2.75) is 50.6 Å². The van der Waals surface area contributed by atoms with E-state index in [1.807, 2.05) is 0 Å². The van der Waals surface area contributed by atoms with E-state index in [4.69, 9.17) is 4.52 Å². The van der Waals surface area contributed by atoms with Crippen molar-refractivity contribution in [2.24, 2.45) is 0 Å². The molecule has 5 heteroatoms. The Hall–Kier alpha value is -1.36. The molecular formula is C13H19N3O2. The summed E-state index contributed by atoms with van der Waals surface area (Å²) in [5.74, 6) is 0.523. The highest BCUT2D eigenvalue weighted by Gasteiger charge is 2.41. The van der Waals surface area contributed by atoms with Crippen molar-refractivity contribution in [3.63, 3.8) is 0 Å². The topological polar surface area (TPSA) is 67.2 Å². The van der Waals surface area contributed by atoms with Crippen molar-refractivity contribution >= 4 is 5.91 Å². The molecule has 0 aromatic carbocycles. The maximum absolute atomic E-state index is 12.1. The summed E-state index contributed by atoms with van der Waals surface area (Å²) < 4.78 is 4.92. The molecule has 5 nitrogen and oxygen atoms in total. The van der Waals surface area contributed by atoms with Gasteiger partial charge in [0.25, 0.3) is 5.91 Å². The smallest absolute Gasteiger partial charge is 0.256 e. The average Bonchev–Trinajstić information content (AvgIpc) is 2.74. The molecule has 18 heavy (non-hydrogen) atoms. The van der Waals surface area contributed by atoms with Gasteiger partial charge in [-0.1, -0.05) is 5.16 Å². The number of rotatable bonds is 2. The average molecular weight is 249 g/mol. The molecule has 1 unspecified atom stereocenters. The third-order valence-corrected chi connectivity index (χ3v) is 4.27. The molecule has 1 amide bonds. The molecular weight excluding hydrogens is 230 g/mol. The third-order valence-electron chi connectivity index (χ3n) is 4.27. The maximum Gasteiger partial charge on any atom is 0.256 e. The van der Waals surface area contributed by atoms with E-state index in [0.29, 0.717) is 16.9 Å². The SMILES string of the molecule is Cc1oncc1C(=O)NC1CCNC2(CCC2)C1. The van der Waals surface area contributed by atoms with E-state index in [1.54, 1.807) is 6.92 Å². The number of aromatic nitrogens is 1. The number of hydrogen-bond acceptors (Lipinski definition) is 4. The van der Waals surface area contributed by atoms with Crippen LogP contribution in [-0.2, 0) is 0 Å². The zero-order valence-electron chi connectivity index (χ0n) is 10.7. The number of hydrogen-bond donors (Lipinski definition) is 2. The Morgan fingerprint density at radius 3 is 3.06 bits per heavy atom. The van der Waals surface area contributed by atoms with Crippen molar-refractivity contribution in [1.82, 2.24) is 15.8 Å². The summed E-state index contributed by atoms with van der Waals surface area (Å²) in [7, 11) is 0. The monoisotopic (exact) mass is 249 g/mol. The van der Waals surface area contributed by atoms with Crippen LogP contribution < -0.4 is 10.6 Å². The van der Waals surface area contributed by atoms with Crippen LogP contribution in [0.2, 0.25) is 0 Å². The van der Waals surface area contributed by atoms with Gasteiger partial charge in [-0.05, 0) is 45.6 Å². The normalized spacial score (nSPS) is 25.7. The number of aryl methyl sites for hydroxylation is 1. The Kier molecular flexibility index (Phi) is 2.86. The Labute approximate surface area is 106 Å². The number of carbonyl (C=O) groups is 1. The molecule has 1 aliphatic heterocycles. The lowest BCUT2D eigenvalue weighted by molar-refractivity contribution is 0.0851. The van der Waals surface area contributed by atoms with E-state index in [0.717, 1.165) is 19.4 Å². The van der Waals surface area contributed by atoms with Gasteiger partial charge >= 0.3 is 0 Å². The van der Waals surface area contributed by atoms with E-state index in [2.05, 4.69) is 15.8 Å². The fraction of sp³-hybridized carbons (Fsp3) is 0.692. The minimum Gasteiger partial charge on any atom is -0.361 e. The maximum atomic E-state index is 12.1. The van der Waals surface area contributed by atoms with Crippen molar-refractivity contribution in [3.8, 4) is 0 Å². The van der Waals surface area contributed by atoms with Gasteiger partial charge in [-0.25, -0.2) is 0 Å². The van der Waals surface area contributed by atoms with Crippen LogP contribution in [0.3, 0.4) is 0 Å². The molecule has 2 fully saturated rings. The Balaban J connectivity index is 1.62. The van der Waals surface area contributed by atoms with Crippen LogP contribution in [-0.4, -0.2) is 29.2 Å². The first-order valence-electron chi connectivity index (χ1n) is 6.66. The van der Waals surface area contributed by atoms with Gasteiger partial charge in [0.05, 0.1) is 6.20 Å². The van der Waals surface area contributed by atoms with Gasteiger partial charge in [-0.15, -0.1) is 0 Å². The lowest BCUT2D eigenvalue weighted by Gasteiger charge is -2.48. The van der Waals surface area contributed by atoms with E-state index in [1.165, 1.54) is 25.5 Å². The molecule has 1 aromatic heterocycles. The largest absolute Gasteiger partial charge is 0.361 e. The highest BCUT2D eigenvalue weighted by Crippen LogP contribution is 2.38. The van der Waals surface area contributed by atoms with Crippen LogP contribution in [0.1, 0.15) is 48.2 Å². The minimum atomic E-state index is -0.0601. The second-order valence-corrected chi connectivity index (χ2v) is 5.52. The van der Waals surface area contributed by atoms with E-state index >= 15 is 0 Å². The summed E-state index contributed by atoms with van der Waals surface area (Å²) in [5.41, 5.74) is 0.857. The zero-order chi connectivity index (χ0) is 12.6. The van der Waals surface area contributed by atoms with Crippen LogP contribution in [0.4, 0.5) is 0 Å². The van der Waals surface area contributed by atoms with Crippen LogP contribution in [0, 0.1) is 6.92 Å². The quantitative estimate of drug-likeness (QED) is 0.831. The van der Waals surface area contributed by atoms with E-state index < -0.39 is 0 Å². The molecule has 1 saturated carbocycles. The highest BCUT2D eigenvalue weighted by molar-refractivity contribution is 5.94. The standard InChI is InChI=1S/C13H19N3O2/c1-9-11(8-15-18-9)12(17)16-10-3-6-14-13(7-10)4-2-5-13/h8,10,14H,2-7H2,1H3,(H,16,17). The van der Waals surface area contributed by atoms with Gasteiger partial charge in [-0.2, -0.15) is 0 Å². The lowest BCUT2D eigenvalue weighted by atomic mass is 9.70. The first-order valence-corrected chi connectivity index (χ1v) is 6.66. The Morgan fingerprint density at radius 1 is 1.61 bits per heavy atom. The molecule has 2 N–H and O–H groups in total. The van der Waals surface area contributed by atoms with Gasteiger partial charge < -0.3 is 15.2 Å². The van der Waals surface area contributed by atoms with Gasteiger partial charge in [0.1, 0.15) is 11.3 Å². The summed E-state index contributed by atoms with van der Waals surface area (Å²) in [6.45, 7) is 2.76. The van der Waals surface area contributed by atoms with E-state index in [9.17, 15) is 4.79 Å². The van der Waals surface area contributed by atoms with Crippen molar-refractivity contribution in [2.75, 3.05) is 6.54 Å². The number of amides is 1. The molecule has 0 bridgehead atoms. The molecule has 1 aliphatic carbocycles. The molecule has 1 aromatic rings. The molecule has 98 valence electrons. The van der Waals surface area contributed by atoms with Crippen LogP contribution in [0.15, 0.2) is 10.7 Å².